The molecule has 0 spiro atoms. The molecule has 0 aromatic carbocycles. The second-order valence-electron chi connectivity index (χ2n) is 8.40. The van der Waals surface area contributed by atoms with Crippen molar-refractivity contribution in [2.75, 3.05) is 6.61 Å². The summed E-state index contributed by atoms with van der Waals surface area (Å²) in [6, 6.07) is -0.862. The van der Waals surface area contributed by atoms with Gasteiger partial charge in [-0.25, -0.2) is 0 Å². The fourth-order valence-electron chi connectivity index (χ4n) is 2.58. The summed E-state index contributed by atoms with van der Waals surface area (Å²) in [5.41, 5.74) is 8.89. The Kier molecular flexibility index (Phi) is 5.38. The van der Waals surface area contributed by atoms with Crippen molar-refractivity contribution < 1.29 is 23.7 Å². The van der Waals surface area contributed by atoms with Crippen LogP contribution in [0.2, 0.25) is 18.1 Å². The fourth-order valence-corrected chi connectivity index (χ4v) is 3.71. The number of azide groups is 1. The number of ether oxygens (including phenoxy) is 3. The molecule has 0 unspecified atom stereocenters. The lowest BCUT2D eigenvalue weighted by molar-refractivity contribution is -0.360. The zero-order valence-electron chi connectivity index (χ0n) is 15.5. The van der Waals surface area contributed by atoms with Crippen LogP contribution >= 0.6 is 0 Å². The molecule has 2 rings (SSSR count). The Hall–Kier alpha value is -0.673. The van der Waals surface area contributed by atoms with Gasteiger partial charge in [0.05, 0.1) is 12.7 Å². The van der Waals surface area contributed by atoms with Crippen LogP contribution in [0.1, 0.15) is 34.6 Å². The SMILES string of the molecule is CC1(C)OC[C@H]2O[C@@H](O[Si](C)(C)C(C)(C)C)[C@H](N=[N+]=[N-])[C@@H](O)[C@@H]2O1. The van der Waals surface area contributed by atoms with Crippen LogP contribution in [0.5, 0.6) is 0 Å². The second-order valence-corrected chi connectivity index (χ2v) is 13.2. The standard InChI is InChI=1S/C15H29N3O5Si/c1-14(2,3)24(6,7)23-13-10(17-18-16)11(19)12-9(21-13)8-20-15(4,5)22-12/h9-13,19H,8H2,1-7H3/t9-,10-,11-,12-,13+/m1/s1. The van der Waals surface area contributed by atoms with Crippen LogP contribution in [0.25, 0.3) is 10.4 Å². The molecule has 0 saturated carbocycles. The van der Waals surface area contributed by atoms with E-state index in [0.717, 1.165) is 0 Å². The third kappa shape index (κ3) is 3.93. The van der Waals surface area contributed by atoms with Gasteiger partial charge in [0.25, 0.3) is 0 Å². The Morgan fingerprint density at radius 1 is 1.33 bits per heavy atom. The summed E-state index contributed by atoms with van der Waals surface area (Å²) in [6.45, 7) is 14.3. The summed E-state index contributed by atoms with van der Waals surface area (Å²) in [5, 5.41) is 14.4. The number of aliphatic hydroxyl groups is 1. The third-order valence-electron chi connectivity index (χ3n) is 5.06. The summed E-state index contributed by atoms with van der Waals surface area (Å²) in [4.78, 5) is 2.86. The van der Waals surface area contributed by atoms with Crippen molar-refractivity contribution in [1.82, 2.24) is 0 Å². The van der Waals surface area contributed by atoms with E-state index in [0.29, 0.717) is 0 Å². The van der Waals surface area contributed by atoms with Crippen molar-refractivity contribution in [3.05, 3.63) is 10.4 Å². The molecule has 138 valence electrons. The molecular weight excluding hydrogens is 330 g/mol. The Morgan fingerprint density at radius 2 is 1.96 bits per heavy atom. The quantitative estimate of drug-likeness (QED) is 0.361. The minimum absolute atomic E-state index is 0.0410. The molecule has 0 aromatic heterocycles. The Balaban J connectivity index is 2.25. The first-order valence-electron chi connectivity index (χ1n) is 8.25. The molecule has 2 heterocycles. The molecule has 0 aromatic rings. The van der Waals surface area contributed by atoms with Gasteiger partial charge in [0.1, 0.15) is 18.2 Å². The van der Waals surface area contributed by atoms with Gasteiger partial charge in [0.15, 0.2) is 20.4 Å². The van der Waals surface area contributed by atoms with E-state index in [9.17, 15) is 5.11 Å². The Labute approximate surface area is 144 Å². The molecule has 0 bridgehead atoms. The van der Waals surface area contributed by atoms with Crippen LogP contribution < -0.4 is 0 Å². The number of aliphatic hydroxyl groups excluding tert-OH is 1. The predicted molar refractivity (Wildman–Crippen MR) is 90.8 cm³/mol. The summed E-state index contributed by atoms with van der Waals surface area (Å²) in [6.07, 6.45) is -2.92. The van der Waals surface area contributed by atoms with Crippen LogP contribution in [0, 0.1) is 0 Å². The molecule has 1 N–H and O–H groups in total. The minimum Gasteiger partial charge on any atom is -0.392 e. The van der Waals surface area contributed by atoms with Crippen LogP contribution in [0.15, 0.2) is 5.11 Å². The minimum atomic E-state index is -2.18. The van der Waals surface area contributed by atoms with Gasteiger partial charge >= 0.3 is 0 Å². The van der Waals surface area contributed by atoms with E-state index in [2.05, 4.69) is 43.9 Å². The monoisotopic (exact) mass is 359 g/mol. The summed E-state index contributed by atoms with van der Waals surface area (Å²) >= 11 is 0. The first-order chi connectivity index (χ1) is 10.9. The molecule has 0 amide bonds. The highest BCUT2D eigenvalue weighted by atomic mass is 28.4. The van der Waals surface area contributed by atoms with Crippen LogP contribution in [-0.4, -0.2) is 56.5 Å². The van der Waals surface area contributed by atoms with Gasteiger partial charge in [0.2, 0.25) is 0 Å². The first-order valence-corrected chi connectivity index (χ1v) is 11.2. The largest absolute Gasteiger partial charge is 0.392 e. The average Bonchev–Trinajstić information content (AvgIpc) is 2.42. The van der Waals surface area contributed by atoms with E-state index >= 15 is 0 Å². The van der Waals surface area contributed by atoms with Gasteiger partial charge in [-0.1, -0.05) is 25.9 Å². The molecule has 2 saturated heterocycles. The van der Waals surface area contributed by atoms with Gasteiger partial charge in [-0.2, -0.15) is 0 Å². The van der Waals surface area contributed by atoms with Crippen LogP contribution in [-0.2, 0) is 18.6 Å². The number of hydrogen-bond acceptors (Lipinski definition) is 6. The Morgan fingerprint density at radius 3 is 2.50 bits per heavy atom. The first kappa shape index (κ1) is 19.6. The lowest BCUT2D eigenvalue weighted by atomic mass is 9.96. The molecule has 8 nitrogen and oxygen atoms in total. The lowest BCUT2D eigenvalue weighted by Crippen LogP contribution is -2.65. The van der Waals surface area contributed by atoms with Gasteiger partial charge in [0, 0.05) is 4.91 Å². The van der Waals surface area contributed by atoms with Gasteiger partial charge in [-0.05, 0) is 37.5 Å². The number of rotatable bonds is 3. The van der Waals surface area contributed by atoms with E-state index < -0.39 is 44.7 Å². The van der Waals surface area contributed by atoms with Crippen LogP contribution in [0.4, 0.5) is 0 Å². The van der Waals surface area contributed by atoms with Gasteiger partial charge in [-0.15, -0.1) is 0 Å². The number of hydrogen-bond donors (Lipinski definition) is 1. The number of fused-ring (bicyclic) bond motifs is 1. The zero-order valence-corrected chi connectivity index (χ0v) is 16.5. The van der Waals surface area contributed by atoms with Gasteiger partial charge in [-0.3, -0.25) is 0 Å². The van der Waals surface area contributed by atoms with Crippen molar-refractivity contribution in [1.29, 1.82) is 0 Å². The van der Waals surface area contributed by atoms with E-state index in [1.807, 2.05) is 0 Å². The molecule has 2 aliphatic heterocycles. The van der Waals surface area contributed by atoms with Crippen molar-refractivity contribution in [3.63, 3.8) is 0 Å². The normalized spacial score (nSPS) is 36.6. The smallest absolute Gasteiger partial charge is 0.195 e. The summed E-state index contributed by atoms with van der Waals surface area (Å²) in [7, 11) is -2.18. The fraction of sp³-hybridized carbons (Fsp3) is 1.00. The second kappa shape index (κ2) is 6.57. The van der Waals surface area contributed by atoms with E-state index in [4.69, 9.17) is 24.2 Å². The molecule has 9 heteroatoms. The maximum Gasteiger partial charge on any atom is 0.195 e. The molecule has 5 atom stereocenters. The molecular formula is C15H29N3O5Si. The molecule has 2 aliphatic rings. The highest BCUT2D eigenvalue weighted by molar-refractivity contribution is 6.74. The maximum absolute atomic E-state index is 10.7. The van der Waals surface area contributed by atoms with Crippen molar-refractivity contribution >= 4 is 8.32 Å². The molecule has 2 fully saturated rings. The zero-order chi connectivity index (χ0) is 18.3. The van der Waals surface area contributed by atoms with E-state index in [-0.39, 0.29) is 11.6 Å². The lowest BCUT2D eigenvalue weighted by Gasteiger charge is -2.51. The van der Waals surface area contributed by atoms with Crippen molar-refractivity contribution in [3.8, 4) is 0 Å². The van der Waals surface area contributed by atoms with Crippen molar-refractivity contribution in [2.45, 2.75) is 89.2 Å². The number of nitrogens with zero attached hydrogens (tertiary/aromatic N) is 3. The van der Waals surface area contributed by atoms with E-state index in [1.54, 1.807) is 13.8 Å². The molecule has 24 heavy (non-hydrogen) atoms. The third-order valence-corrected chi connectivity index (χ3v) is 9.49. The highest BCUT2D eigenvalue weighted by Gasteiger charge is 2.53. The molecule has 0 aliphatic carbocycles. The highest BCUT2D eigenvalue weighted by Crippen LogP contribution is 2.40. The molecule has 0 radical (unpaired) electrons. The predicted octanol–water partition coefficient (Wildman–Crippen LogP) is 2.92. The summed E-state index contributed by atoms with van der Waals surface area (Å²) in [5.74, 6) is -0.820. The van der Waals surface area contributed by atoms with Gasteiger partial charge < -0.3 is 23.7 Å². The Bertz CT molecular complexity index is 516. The van der Waals surface area contributed by atoms with Crippen molar-refractivity contribution in [2.24, 2.45) is 5.11 Å². The average molecular weight is 359 g/mol. The maximum atomic E-state index is 10.7. The van der Waals surface area contributed by atoms with E-state index in [1.165, 1.54) is 0 Å². The topological polar surface area (TPSA) is 106 Å². The van der Waals surface area contributed by atoms with Crippen LogP contribution in [0.3, 0.4) is 0 Å². The summed E-state index contributed by atoms with van der Waals surface area (Å²) < 4.78 is 23.7.